The van der Waals surface area contributed by atoms with E-state index >= 15 is 0 Å². The summed E-state index contributed by atoms with van der Waals surface area (Å²) in [5.74, 6) is -0.380. The highest BCUT2D eigenvalue weighted by Crippen LogP contribution is 2.25. The van der Waals surface area contributed by atoms with Crippen LogP contribution in [0.4, 0.5) is 13.2 Å². The monoisotopic (exact) mass is 313 g/mol. The lowest BCUT2D eigenvalue weighted by Crippen LogP contribution is -2.17. The fraction of sp³-hybridized carbons (Fsp3) is 0.125. The first-order chi connectivity index (χ1) is 6.42. The molecule has 74 valence electrons. The number of benzene rings is 1. The van der Waals surface area contributed by atoms with E-state index in [9.17, 15) is 13.2 Å². The number of hydrogen-bond donors (Lipinski definition) is 0. The van der Waals surface area contributed by atoms with Crippen LogP contribution < -0.4 is 4.74 Å². The Labute approximate surface area is 91.4 Å². The van der Waals surface area contributed by atoms with E-state index in [1.54, 1.807) is 6.07 Å². The molecule has 0 aliphatic heterocycles. The topological polar surface area (TPSA) is 33.0 Å². The van der Waals surface area contributed by atoms with Gasteiger partial charge in [0.05, 0.1) is 5.56 Å². The van der Waals surface area contributed by atoms with E-state index in [2.05, 4.69) is 4.74 Å². The molecule has 0 saturated heterocycles. The molecule has 0 amide bonds. The molecule has 0 aromatic heterocycles. The first kappa shape index (κ1) is 11.1. The molecule has 6 heteroatoms. The quantitative estimate of drug-likeness (QED) is 0.747. The van der Waals surface area contributed by atoms with Crippen LogP contribution in [0.25, 0.3) is 0 Å². The number of ether oxygens (including phenoxy) is 1. The first-order valence-corrected chi connectivity index (χ1v) is 4.45. The van der Waals surface area contributed by atoms with Gasteiger partial charge in [-0.2, -0.15) is 5.26 Å². The van der Waals surface area contributed by atoms with E-state index in [0.717, 1.165) is 12.1 Å². The molecule has 0 saturated carbocycles. The van der Waals surface area contributed by atoms with Gasteiger partial charge in [-0.1, -0.05) is 0 Å². The van der Waals surface area contributed by atoms with Crippen LogP contribution in [0, 0.1) is 14.9 Å². The highest BCUT2D eigenvalue weighted by molar-refractivity contribution is 14.1. The first-order valence-electron chi connectivity index (χ1n) is 3.38. The Morgan fingerprint density at radius 2 is 2.00 bits per heavy atom. The van der Waals surface area contributed by atoms with Gasteiger partial charge >= 0.3 is 6.36 Å². The average molecular weight is 313 g/mol. The molecule has 0 N–H and O–H groups in total. The second-order valence-electron chi connectivity index (χ2n) is 2.30. The zero-order valence-electron chi connectivity index (χ0n) is 6.60. The molecule has 0 spiro atoms. The summed E-state index contributed by atoms with van der Waals surface area (Å²) in [5.41, 5.74) is 0.160. The Kier molecular flexibility index (Phi) is 3.21. The maximum Gasteiger partial charge on any atom is 0.573 e. The number of nitrogens with zero attached hydrogens (tertiary/aromatic N) is 1. The van der Waals surface area contributed by atoms with Crippen molar-refractivity contribution in [1.29, 1.82) is 5.26 Å². The van der Waals surface area contributed by atoms with Crippen molar-refractivity contribution in [1.82, 2.24) is 0 Å². The summed E-state index contributed by atoms with van der Waals surface area (Å²) in [7, 11) is 0. The number of halogens is 4. The Hall–Kier alpha value is -0.970. The van der Waals surface area contributed by atoms with Gasteiger partial charge in [-0.3, -0.25) is 0 Å². The normalized spacial score (nSPS) is 10.8. The van der Waals surface area contributed by atoms with Crippen LogP contribution in [0.3, 0.4) is 0 Å². The minimum Gasteiger partial charge on any atom is -0.406 e. The lowest BCUT2D eigenvalue weighted by Gasteiger charge is -2.08. The van der Waals surface area contributed by atoms with Gasteiger partial charge in [0.1, 0.15) is 11.8 Å². The summed E-state index contributed by atoms with van der Waals surface area (Å²) >= 11 is 1.86. The van der Waals surface area contributed by atoms with Crippen molar-refractivity contribution in [3.05, 3.63) is 27.3 Å². The van der Waals surface area contributed by atoms with Gasteiger partial charge in [-0.25, -0.2) is 0 Å². The number of rotatable bonds is 1. The lowest BCUT2D eigenvalue weighted by atomic mass is 10.2. The smallest absolute Gasteiger partial charge is 0.406 e. The summed E-state index contributed by atoms with van der Waals surface area (Å²) < 4.78 is 39.5. The Balaban J connectivity index is 2.97. The van der Waals surface area contributed by atoms with Crippen LogP contribution in [-0.2, 0) is 0 Å². The summed E-state index contributed by atoms with van der Waals surface area (Å²) in [4.78, 5) is 0. The molecule has 1 aromatic rings. The number of alkyl halides is 3. The van der Waals surface area contributed by atoms with Crippen molar-refractivity contribution in [2.75, 3.05) is 0 Å². The van der Waals surface area contributed by atoms with Crippen LogP contribution in [0.15, 0.2) is 18.2 Å². The zero-order chi connectivity index (χ0) is 10.8. The van der Waals surface area contributed by atoms with Crippen LogP contribution in [-0.4, -0.2) is 6.36 Å². The molecule has 0 bridgehead atoms. The van der Waals surface area contributed by atoms with Crippen LogP contribution >= 0.6 is 22.6 Å². The largest absolute Gasteiger partial charge is 0.573 e. The second kappa shape index (κ2) is 4.04. The maximum absolute atomic E-state index is 11.8. The summed E-state index contributed by atoms with van der Waals surface area (Å²) in [6.07, 6.45) is -4.72. The van der Waals surface area contributed by atoms with E-state index < -0.39 is 6.36 Å². The predicted molar refractivity (Wildman–Crippen MR) is 50.6 cm³/mol. The van der Waals surface area contributed by atoms with Crippen molar-refractivity contribution in [2.45, 2.75) is 6.36 Å². The van der Waals surface area contributed by atoms with Crippen LogP contribution in [0.1, 0.15) is 5.56 Å². The molecule has 0 aliphatic rings. The number of nitriles is 1. The summed E-state index contributed by atoms with van der Waals surface area (Å²) in [6, 6.07) is 5.37. The van der Waals surface area contributed by atoms with Gasteiger partial charge in [-0.15, -0.1) is 13.2 Å². The Morgan fingerprint density at radius 3 is 2.50 bits per heavy atom. The van der Waals surface area contributed by atoms with Gasteiger partial charge in [0, 0.05) is 3.57 Å². The third-order valence-corrected chi connectivity index (χ3v) is 2.23. The molecule has 0 heterocycles. The zero-order valence-corrected chi connectivity index (χ0v) is 8.76. The van der Waals surface area contributed by atoms with Crippen LogP contribution in [0.2, 0.25) is 0 Å². The van der Waals surface area contributed by atoms with E-state index in [1.165, 1.54) is 6.07 Å². The van der Waals surface area contributed by atoms with E-state index in [1.807, 2.05) is 22.6 Å². The molecule has 2 nitrogen and oxygen atoms in total. The fourth-order valence-electron chi connectivity index (χ4n) is 0.787. The average Bonchev–Trinajstić information content (AvgIpc) is 2.06. The Morgan fingerprint density at radius 1 is 1.36 bits per heavy atom. The molecule has 0 fully saturated rings. The second-order valence-corrected chi connectivity index (χ2v) is 3.46. The van der Waals surface area contributed by atoms with Crippen molar-refractivity contribution < 1.29 is 17.9 Å². The predicted octanol–water partition coefficient (Wildman–Crippen LogP) is 3.06. The van der Waals surface area contributed by atoms with E-state index in [-0.39, 0.29) is 11.3 Å². The van der Waals surface area contributed by atoms with E-state index in [0.29, 0.717) is 3.57 Å². The van der Waals surface area contributed by atoms with Gasteiger partial charge in [0.15, 0.2) is 0 Å². The van der Waals surface area contributed by atoms with Gasteiger partial charge in [0.2, 0.25) is 0 Å². The molecule has 1 rings (SSSR count). The van der Waals surface area contributed by atoms with Gasteiger partial charge < -0.3 is 4.74 Å². The third-order valence-electron chi connectivity index (χ3n) is 1.29. The summed E-state index contributed by atoms with van der Waals surface area (Å²) in [5, 5.41) is 8.55. The molecule has 14 heavy (non-hydrogen) atoms. The molecular formula is C8H3F3INO. The standard InChI is InChI=1S/C8H3F3INO/c9-8(10,11)14-6-1-2-7(12)5(3-6)4-13/h1-3H. The third kappa shape index (κ3) is 3.06. The van der Waals surface area contributed by atoms with Crippen molar-refractivity contribution in [3.63, 3.8) is 0 Å². The molecular weight excluding hydrogens is 310 g/mol. The number of hydrogen-bond acceptors (Lipinski definition) is 2. The SMILES string of the molecule is N#Cc1cc(OC(F)(F)F)ccc1I. The van der Waals surface area contributed by atoms with Crippen molar-refractivity contribution in [2.24, 2.45) is 0 Å². The maximum atomic E-state index is 11.8. The molecule has 0 unspecified atom stereocenters. The van der Waals surface area contributed by atoms with Crippen molar-refractivity contribution >= 4 is 22.6 Å². The Bertz CT molecular complexity index is 383. The summed E-state index contributed by atoms with van der Waals surface area (Å²) in [6.45, 7) is 0. The minimum atomic E-state index is -4.72. The molecule has 1 aromatic carbocycles. The van der Waals surface area contributed by atoms with Crippen molar-refractivity contribution in [3.8, 4) is 11.8 Å². The lowest BCUT2D eigenvalue weighted by molar-refractivity contribution is -0.274. The fourth-order valence-corrected chi connectivity index (χ4v) is 1.24. The molecule has 0 radical (unpaired) electrons. The highest BCUT2D eigenvalue weighted by Gasteiger charge is 2.31. The minimum absolute atomic E-state index is 0.160. The van der Waals surface area contributed by atoms with Gasteiger partial charge in [0.25, 0.3) is 0 Å². The van der Waals surface area contributed by atoms with Gasteiger partial charge in [-0.05, 0) is 40.8 Å². The van der Waals surface area contributed by atoms with E-state index in [4.69, 9.17) is 5.26 Å². The highest BCUT2D eigenvalue weighted by atomic mass is 127. The molecule has 0 aliphatic carbocycles. The van der Waals surface area contributed by atoms with Crippen LogP contribution in [0.5, 0.6) is 5.75 Å². The molecule has 0 atom stereocenters.